The number of aromatic amines is 1. The summed E-state index contributed by atoms with van der Waals surface area (Å²) in [7, 11) is 1.63. The number of hydrogen-bond donors (Lipinski definition) is 2. The molecule has 2 aromatic carbocycles. The number of benzene rings is 2. The lowest BCUT2D eigenvalue weighted by Gasteiger charge is -2.52. The first-order valence-corrected chi connectivity index (χ1v) is 12.8. The zero-order chi connectivity index (χ0) is 25.4. The van der Waals surface area contributed by atoms with E-state index in [1.165, 1.54) is 5.56 Å². The van der Waals surface area contributed by atoms with Gasteiger partial charge in [-0.05, 0) is 36.1 Å². The third-order valence-corrected chi connectivity index (χ3v) is 7.09. The number of carbonyl (C=O) groups excluding carboxylic acids is 2. The Morgan fingerprint density at radius 1 is 1.14 bits per heavy atom. The molecule has 1 aliphatic rings. The quantitative estimate of drug-likeness (QED) is 0.403. The Labute approximate surface area is 213 Å². The van der Waals surface area contributed by atoms with Crippen LogP contribution in [0.4, 0.5) is 0 Å². The van der Waals surface area contributed by atoms with Gasteiger partial charge in [0.2, 0.25) is 11.8 Å². The van der Waals surface area contributed by atoms with E-state index in [-0.39, 0.29) is 23.7 Å². The minimum absolute atomic E-state index is 0.0123. The number of carbonyl (C=O) groups is 2. The highest BCUT2D eigenvalue weighted by molar-refractivity contribution is 5.88. The van der Waals surface area contributed by atoms with E-state index in [1.807, 2.05) is 35.2 Å². The smallest absolute Gasteiger partial charge is 0.245 e. The number of aromatic nitrogens is 2. The van der Waals surface area contributed by atoms with Crippen LogP contribution in [0.15, 0.2) is 67.1 Å². The van der Waals surface area contributed by atoms with Crippen LogP contribution in [0.1, 0.15) is 49.4 Å². The van der Waals surface area contributed by atoms with Crippen molar-refractivity contribution >= 4 is 11.8 Å². The molecule has 1 unspecified atom stereocenters. The molecule has 0 spiro atoms. The number of unbranched alkanes of at least 4 members (excludes halogenated alkanes) is 1. The van der Waals surface area contributed by atoms with Gasteiger partial charge >= 0.3 is 0 Å². The lowest BCUT2D eigenvalue weighted by atomic mass is 9.70. The highest BCUT2D eigenvalue weighted by Gasteiger charge is 2.47. The molecule has 1 aromatic heterocycles. The summed E-state index contributed by atoms with van der Waals surface area (Å²) >= 11 is 0. The zero-order valence-corrected chi connectivity index (χ0v) is 21.2. The van der Waals surface area contributed by atoms with Gasteiger partial charge < -0.3 is 19.9 Å². The van der Waals surface area contributed by atoms with Crippen LogP contribution >= 0.6 is 0 Å². The lowest BCUT2D eigenvalue weighted by Crippen LogP contribution is -2.64. The van der Waals surface area contributed by atoms with E-state index >= 15 is 0 Å². The second kappa shape index (κ2) is 11.9. The Hall–Kier alpha value is -3.61. The van der Waals surface area contributed by atoms with Gasteiger partial charge in [0.15, 0.2) is 0 Å². The lowest BCUT2D eigenvalue weighted by molar-refractivity contribution is -0.143. The van der Waals surface area contributed by atoms with Crippen molar-refractivity contribution in [3.63, 3.8) is 0 Å². The van der Waals surface area contributed by atoms with Crippen LogP contribution in [0.3, 0.4) is 0 Å². The van der Waals surface area contributed by atoms with Gasteiger partial charge in [0.1, 0.15) is 11.8 Å². The van der Waals surface area contributed by atoms with Crippen LogP contribution in [0.25, 0.3) is 0 Å². The van der Waals surface area contributed by atoms with Crippen LogP contribution in [0, 0.1) is 0 Å². The molecule has 0 radical (unpaired) electrons. The standard InChI is InChI=1S/C29H36N4O3/c1-3-4-16-29(23-8-6-5-7-9-23)19-33(20-29)28(35)26(17-22-10-13-25(36-2)14-11-22)32-27(34)15-12-24-18-30-21-31-24/h5-11,13-14,18,21,26H,3-4,12,15-17,19-20H2,1-2H3,(H,30,31)(H,32,34). The van der Waals surface area contributed by atoms with Crippen molar-refractivity contribution in [3.05, 3.63) is 83.9 Å². The fourth-order valence-corrected chi connectivity index (χ4v) is 4.99. The zero-order valence-electron chi connectivity index (χ0n) is 21.2. The van der Waals surface area contributed by atoms with E-state index < -0.39 is 6.04 Å². The molecular formula is C29H36N4O3. The van der Waals surface area contributed by atoms with Crippen molar-refractivity contribution in [1.82, 2.24) is 20.2 Å². The fourth-order valence-electron chi connectivity index (χ4n) is 4.99. The molecule has 2 heterocycles. The van der Waals surface area contributed by atoms with Crippen LogP contribution in [-0.2, 0) is 27.8 Å². The fraction of sp³-hybridized carbons (Fsp3) is 0.414. The molecule has 1 saturated heterocycles. The summed E-state index contributed by atoms with van der Waals surface area (Å²) in [6.07, 6.45) is 7.91. The van der Waals surface area contributed by atoms with Crippen molar-refractivity contribution in [1.29, 1.82) is 0 Å². The normalized spacial score (nSPS) is 15.1. The molecule has 1 aliphatic heterocycles. The van der Waals surface area contributed by atoms with Crippen molar-refractivity contribution in [3.8, 4) is 5.75 Å². The molecule has 3 aromatic rings. The van der Waals surface area contributed by atoms with E-state index in [0.717, 1.165) is 36.3 Å². The molecule has 1 atom stereocenters. The monoisotopic (exact) mass is 488 g/mol. The van der Waals surface area contributed by atoms with Crippen LogP contribution in [0.2, 0.25) is 0 Å². The Morgan fingerprint density at radius 2 is 1.89 bits per heavy atom. The summed E-state index contributed by atoms with van der Waals surface area (Å²) in [6.45, 7) is 3.56. The minimum atomic E-state index is -0.620. The van der Waals surface area contributed by atoms with Crippen LogP contribution in [-0.4, -0.2) is 52.9 Å². The summed E-state index contributed by atoms with van der Waals surface area (Å²) in [6, 6.07) is 17.5. The summed E-state index contributed by atoms with van der Waals surface area (Å²) < 4.78 is 5.26. The highest BCUT2D eigenvalue weighted by Crippen LogP contribution is 2.39. The average Bonchev–Trinajstić information content (AvgIpc) is 3.41. The predicted molar refractivity (Wildman–Crippen MR) is 140 cm³/mol. The van der Waals surface area contributed by atoms with Gasteiger partial charge in [0.05, 0.1) is 19.1 Å². The number of likely N-dealkylation sites (tertiary alicyclic amines) is 1. The molecule has 7 nitrogen and oxygen atoms in total. The predicted octanol–water partition coefficient (Wildman–Crippen LogP) is 4.05. The molecule has 0 saturated carbocycles. The van der Waals surface area contributed by atoms with Gasteiger partial charge in [-0.1, -0.05) is 62.2 Å². The first-order chi connectivity index (χ1) is 17.5. The second-order valence-electron chi connectivity index (χ2n) is 9.68. The van der Waals surface area contributed by atoms with Gasteiger partial charge in [0, 0.05) is 37.5 Å². The number of nitrogens with zero attached hydrogens (tertiary/aromatic N) is 2. The van der Waals surface area contributed by atoms with E-state index in [0.29, 0.717) is 25.9 Å². The van der Waals surface area contributed by atoms with Gasteiger partial charge in [-0.3, -0.25) is 9.59 Å². The summed E-state index contributed by atoms with van der Waals surface area (Å²) in [4.78, 5) is 35.5. The number of aryl methyl sites for hydroxylation is 1. The molecule has 0 bridgehead atoms. The first kappa shape index (κ1) is 25.5. The van der Waals surface area contributed by atoms with Gasteiger partial charge in [-0.25, -0.2) is 4.98 Å². The molecule has 1 fully saturated rings. The Bertz CT molecular complexity index is 1110. The Morgan fingerprint density at radius 3 is 2.53 bits per heavy atom. The summed E-state index contributed by atoms with van der Waals surface area (Å²) in [5, 5.41) is 3.02. The third kappa shape index (κ3) is 6.14. The molecule has 2 N–H and O–H groups in total. The summed E-state index contributed by atoms with van der Waals surface area (Å²) in [5.74, 6) is 0.587. The number of hydrogen-bond acceptors (Lipinski definition) is 4. The maximum Gasteiger partial charge on any atom is 0.245 e. The van der Waals surface area contributed by atoms with Crippen molar-refractivity contribution < 1.29 is 14.3 Å². The minimum Gasteiger partial charge on any atom is -0.497 e. The van der Waals surface area contributed by atoms with E-state index in [9.17, 15) is 9.59 Å². The number of rotatable bonds is 12. The van der Waals surface area contributed by atoms with Crippen LogP contribution < -0.4 is 10.1 Å². The van der Waals surface area contributed by atoms with Crippen molar-refractivity contribution in [2.45, 2.75) is 56.9 Å². The topological polar surface area (TPSA) is 87.3 Å². The van der Waals surface area contributed by atoms with Gasteiger partial charge in [-0.15, -0.1) is 0 Å². The molecular weight excluding hydrogens is 452 g/mol. The SMILES string of the molecule is CCCCC1(c2ccccc2)CN(C(=O)C(Cc2ccc(OC)cc2)NC(=O)CCc2c[nH]cn2)C1. The van der Waals surface area contributed by atoms with Crippen LogP contribution in [0.5, 0.6) is 5.75 Å². The number of nitrogens with one attached hydrogen (secondary N) is 2. The third-order valence-electron chi connectivity index (χ3n) is 7.09. The number of amides is 2. The highest BCUT2D eigenvalue weighted by atomic mass is 16.5. The Kier molecular flexibility index (Phi) is 8.41. The van der Waals surface area contributed by atoms with E-state index in [4.69, 9.17) is 4.74 Å². The number of imidazole rings is 1. The van der Waals surface area contributed by atoms with E-state index in [2.05, 4.69) is 46.5 Å². The second-order valence-corrected chi connectivity index (χ2v) is 9.68. The number of methoxy groups -OCH3 is 1. The van der Waals surface area contributed by atoms with Gasteiger partial charge in [0.25, 0.3) is 0 Å². The number of H-pyrrole nitrogens is 1. The first-order valence-electron chi connectivity index (χ1n) is 12.8. The molecule has 2 amide bonds. The van der Waals surface area contributed by atoms with Gasteiger partial charge in [-0.2, -0.15) is 0 Å². The Balaban J connectivity index is 1.46. The molecule has 4 rings (SSSR count). The maximum atomic E-state index is 13.7. The van der Waals surface area contributed by atoms with Crippen molar-refractivity contribution in [2.24, 2.45) is 0 Å². The summed E-state index contributed by atoms with van der Waals surface area (Å²) in [5.41, 5.74) is 3.08. The molecule has 7 heteroatoms. The van der Waals surface area contributed by atoms with Crippen molar-refractivity contribution in [2.75, 3.05) is 20.2 Å². The molecule has 190 valence electrons. The maximum absolute atomic E-state index is 13.7. The average molecular weight is 489 g/mol. The molecule has 0 aliphatic carbocycles. The largest absolute Gasteiger partial charge is 0.497 e. The number of ether oxygens (including phenoxy) is 1. The van der Waals surface area contributed by atoms with E-state index in [1.54, 1.807) is 19.6 Å². The molecule has 36 heavy (non-hydrogen) atoms.